The molecular weight excluding hydrogens is 200 g/mol. The van der Waals surface area contributed by atoms with Crippen LogP contribution in [0.5, 0.6) is 0 Å². The molecule has 2 rings (SSSR count). The molecule has 1 saturated carbocycles. The number of hydrogen-bond acceptors (Lipinski definition) is 3. The van der Waals surface area contributed by atoms with Gasteiger partial charge in [0.2, 0.25) is 0 Å². The molecule has 90 valence electrons. The summed E-state index contributed by atoms with van der Waals surface area (Å²) in [5.41, 5.74) is 0. The Hall–Kier alpha value is -0.900. The predicted molar refractivity (Wildman–Crippen MR) is 64.2 cm³/mol. The zero-order chi connectivity index (χ0) is 11.4. The Bertz CT molecular complexity index is 317. The quantitative estimate of drug-likeness (QED) is 0.762. The highest BCUT2D eigenvalue weighted by molar-refractivity contribution is 4.91. The highest BCUT2D eigenvalue weighted by atomic mass is 15.3. The van der Waals surface area contributed by atoms with E-state index in [1.54, 1.807) is 6.33 Å². The number of nitrogens with one attached hydrogen (secondary N) is 1. The molecule has 0 spiro atoms. The molecule has 1 fully saturated rings. The molecule has 0 aromatic carbocycles. The van der Waals surface area contributed by atoms with Crippen molar-refractivity contribution >= 4 is 0 Å². The first kappa shape index (κ1) is 11.6. The Morgan fingerprint density at radius 2 is 2.31 bits per heavy atom. The van der Waals surface area contributed by atoms with Gasteiger partial charge in [0.15, 0.2) is 0 Å². The lowest BCUT2D eigenvalue weighted by molar-refractivity contribution is 0.436. The lowest BCUT2D eigenvalue weighted by Gasteiger charge is -2.16. The SMILES string of the molecule is CCNC(CCc1ncnn1CC)C1CC1. The molecule has 4 heteroatoms. The van der Waals surface area contributed by atoms with Crippen LogP contribution in [0.1, 0.15) is 38.9 Å². The predicted octanol–water partition coefficient (Wildman–Crippen LogP) is 1.62. The Morgan fingerprint density at radius 1 is 1.50 bits per heavy atom. The normalized spacial score (nSPS) is 17.6. The number of rotatable bonds is 7. The van der Waals surface area contributed by atoms with Crippen molar-refractivity contribution in [3.63, 3.8) is 0 Å². The third kappa shape index (κ3) is 2.82. The Morgan fingerprint density at radius 3 is 2.94 bits per heavy atom. The second-order valence-corrected chi connectivity index (χ2v) is 4.53. The first-order chi connectivity index (χ1) is 7.85. The summed E-state index contributed by atoms with van der Waals surface area (Å²) in [6.07, 6.45) is 6.70. The van der Waals surface area contributed by atoms with E-state index in [9.17, 15) is 0 Å². The van der Waals surface area contributed by atoms with Crippen molar-refractivity contribution in [3.8, 4) is 0 Å². The highest BCUT2D eigenvalue weighted by Gasteiger charge is 2.30. The van der Waals surface area contributed by atoms with E-state index in [2.05, 4.69) is 29.2 Å². The molecule has 16 heavy (non-hydrogen) atoms. The zero-order valence-corrected chi connectivity index (χ0v) is 10.3. The standard InChI is InChI=1S/C12H22N4/c1-3-13-11(10-5-6-10)7-8-12-14-9-15-16(12)4-2/h9-11,13H,3-8H2,1-2H3. The molecule has 1 unspecified atom stereocenters. The lowest BCUT2D eigenvalue weighted by atomic mass is 10.1. The van der Waals surface area contributed by atoms with Gasteiger partial charge in [-0.2, -0.15) is 5.10 Å². The highest BCUT2D eigenvalue weighted by Crippen LogP contribution is 2.34. The van der Waals surface area contributed by atoms with Crippen LogP contribution in [0.2, 0.25) is 0 Å². The Balaban J connectivity index is 1.84. The van der Waals surface area contributed by atoms with Gasteiger partial charge >= 0.3 is 0 Å². The van der Waals surface area contributed by atoms with E-state index in [0.717, 1.165) is 31.3 Å². The van der Waals surface area contributed by atoms with E-state index in [0.29, 0.717) is 6.04 Å². The van der Waals surface area contributed by atoms with Gasteiger partial charge in [-0.25, -0.2) is 4.98 Å². The van der Waals surface area contributed by atoms with Gasteiger partial charge in [0.05, 0.1) is 0 Å². The summed E-state index contributed by atoms with van der Waals surface area (Å²) in [6, 6.07) is 0.687. The summed E-state index contributed by atoms with van der Waals surface area (Å²) in [6.45, 7) is 6.29. The van der Waals surface area contributed by atoms with Crippen molar-refractivity contribution in [2.24, 2.45) is 5.92 Å². The summed E-state index contributed by atoms with van der Waals surface area (Å²) < 4.78 is 2.00. The number of aryl methyl sites for hydroxylation is 2. The molecule has 1 atom stereocenters. The first-order valence-electron chi connectivity index (χ1n) is 6.45. The minimum Gasteiger partial charge on any atom is -0.314 e. The van der Waals surface area contributed by atoms with Crippen molar-refractivity contribution in [1.29, 1.82) is 0 Å². The molecule has 1 N–H and O–H groups in total. The third-order valence-electron chi connectivity index (χ3n) is 3.33. The summed E-state index contributed by atoms with van der Waals surface area (Å²) in [7, 11) is 0. The van der Waals surface area contributed by atoms with Gasteiger partial charge in [-0.15, -0.1) is 0 Å². The van der Waals surface area contributed by atoms with Crippen molar-refractivity contribution in [2.75, 3.05) is 6.54 Å². The molecule has 0 radical (unpaired) electrons. The monoisotopic (exact) mass is 222 g/mol. The maximum absolute atomic E-state index is 4.32. The smallest absolute Gasteiger partial charge is 0.138 e. The van der Waals surface area contributed by atoms with Crippen LogP contribution in [0.15, 0.2) is 6.33 Å². The van der Waals surface area contributed by atoms with E-state index in [1.165, 1.54) is 19.3 Å². The summed E-state index contributed by atoms with van der Waals surface area (Å²) in [5.74, 6) is 2.05. The first-order valence-corrected chi connectivity index (χ1v) is 6.45. The minimum atomic E-state index is 0.687. The van der Waals surface area contributed by atoms with Gasteiger partial charge in [-0.3, -0.25) is 4.68 Å². The zero-order valence-electron chi connectivity index (χ0n) is 10.3. The molecule has 4 nitrogen and oxygen atoms in total. The minimum absolute atomic E-state index is 0.687. The van der Waals surface area contributed by atoms with Gasteiger partial charge in [0.1, 0.15) is 12.2 Å². The summed E-state index contributed by atoms with van der Waals surface area (Å²) in [4.78, 5) is 4.32. The van der Waals surface area contributed by atoms with Crippen LogP contribution in [-0.4, -0.2) is 27.4 Å². The second kappa shape index (κ2) is 5.43. The lowest BCUT2D eigenvalue weighted by Crippen LogP contribution is -2.31. The third-order valence-corrected chi connectivity index (χ3v) is 3.33. The maximum atomic E-state index is 4.32. The maximum Gasteiger partial charge on any atom is 0.138 e. The van der Waals surface area contributed by atoms with Crippen LogP contribution >= 0.6 is 0 Å². The Labute approximate surface area is 97.5 Å². The van der Waals surface area contributed by atoms with Gasteiger partial charge in [-0.05, 0) is 38.6 Å². The second-order valence-electron chi connectivity index (χ2n) is 4.53. The molecule has 1 aromatic heterocycles. The molecule has 1 aromatic rings. The molecule has 1 aliphatic carbocycles. The van der Waals surface area contributed by atoms with E-state index in [-0.39, 0.29) is 0 Å². The molecule has 0 bridgehead atoms. The van der Waals surface area contributed by atoms with Gasteiger partial charge in [0, 0.05) is 19.0 Å². The van der Waals surface area contributed by atoms with Crippen LogP contribution in [0, 0.1) is 5.92 Å². The van der Waals surface area contributed by atoms with Crippen molar-refractivity contribution < 1.29 is 0 Å². The van der Waals surface area contributed by atoms with Gasteiger partial charge in [-0.1, -0.05) is 6.92 Å². The molecular formula is C12H22N4. The molecule has 1 aliphatic rings. The Kier molecular flexibility index (Phi) is 3.93. The fourth-order valence-electron chi connectivity index (χ4n) is 2.30. The fraction of sp³-hybridized carbons (Fsp3) is 0.833. The van der Waals surface area contributed by atoms with E-state index in [1.807, 2.05) is 4.68 Å². The van der Waals surface area contributed by atoms with Crippen LogP contribution in [0.3, 0.4) is 0 Å². The number of aromatic nitrogens is 3. The van der Waals surface area contributed by atoms with Gasteiger partial charge < -0.3 is 5.32 Å². The van der Waals surface area contributed by atoms with E-state index < -0.39 is 0 Å². The summed E-state index contributed by atoms with van der Waals surface area (Å²) >= 11 is 0. The van der Waals surface area contributed by atoms with E-state index >= 15 is 0 Å². The average Bonchev–Trinajstić information content (AvgIpc) is 3.03. The fourth-order valence-corrected chi connectivity index (χ4v) is 2.30. The molecule has 0 aliphatic heterocycles. The largest absolute Gasteiger partial charge is 0.314 e. The van der Waals surface area contributed by atoms with Crippen molar-refractivity contribution in [3.05, 3.63) is 12.2 Å². The molecule has 0 amide bonds. The van der Waals surface area contributed by atoms with E-state index in [4.69, 9.17) is 0 Å². The molecule has 1 heterocycles. The topological polar surface area (TPSA) is 42.7 Å². The average molecular weight is 222 g/mol. The van der Waals surface area contributed by atoms with Crippen LogP contribution in [0.25, 0.3) is 0 Å². The van der Waals surface area contributed by atoms with Crippen LogP contribution in [0.4, 0.5) is 0 Å². The number of nitrogens with zero attached hydrogens (tertiary/aromatic N) is 3. The molecule has 0 saturated heterocycles. The van der Waals surface area contributed by atoms with Crippen LogP contribution in [-0.2, 0) is 13.0 Å². The van der Waals surface area contributed by atoms with Gasteiger partial charge in [0.25, 0.3) is 0 Å². The van der Waals surface area contributed by atoms with Crippen molar-refractivity contribution in [2.45, 2.75) is 52.1 Å². The number of hydrogen-bond donors (Lipinski definition) is 1. The summed E-state index contributed by atoms with van der Waals surface area (Å²) in [5, 5.41) is 7.79. The van der Waals surface area contributed by atoms with Crippen LogP contribution < -0.4 is 5.32 Å². The van der Waals surface area contributed by atoms with Crippen molar-refractivity contribution in [1.82, 2.24) is 20.1 Å².